The molecule has 1 atom stereocenters. The first-order chi connectivity index (χ1) is 18.5. The number of morpholine rings is 1. The van der Waals surface area contributed by atoms with E-state index in [1.165, 1.54) is 0 Å². The summed E-state index contributed by atoms with van der Waals surface area (Å²) in [6.07, 6.45) is 2.24. The van der Waals surface area contributed by atoms with Gasteiger partial charge in [0.05, 0.1) is 23.8 Å². The lowest BCUT2D eigenvalue weighted by Gasteiger charge is -2.18. The molecule has 9 heteroatoms. The van der Waals surface area contributed by atoms with Crippen molar-refractivity contribution in [3.63, 3.8) is 0 Å². The summed E-state index contributed by atoms with van der Waals surface area (Å²) in [6.45, 7) is 8.93. The number of hydrogen-bond acceptors (Lipinski definition) is 7. The second-order valence-corrected chi connectivity index (χ2v) is 9.60. The van der Waals surface area contributed by atoms with Crippen LogP contribution in [0.15, 0.2) is 47.0 Å². The molecule has 1 aliphatic rings. The number of nitrogens with one attached hydrogen (secondary N) is 2. The van der Waals surface area contributed by atoms with Gasteiger partial charge in [-0.25, -0.2) is 14.5 Å². The van der Waals surface area contributed by atoms with Gasteiger partial charge in [-0.05, 0) is 38.5 Å². The number of nitrogens with zero attached hydrogens (tertiary/aromatic N) is 4. The van der Waals surface area contributed by atoms with Gasteiger partial charge < -0.3 is 24.3 Å². The van der Waals surface area contributed by atoms with Gasteiger partial charge in [-0.2, -0.15) is 0 Å². The molecule has 2 aromatic carbocycles. The summed E-state index contributed by atoms with van der Waals surface area (Å²) in [5.74, 6) is 2.93. The zero-order valence-corrected chi connectivity index (χ0v) is 22.0. The SMILES string of the molecule is COc1cc2c(cc1-c1c(C)noc1C)[nH]c1nc(C)nc(NC(C=[N+]3CCOCC3)c3ccccc3)c12. The second-order valence-electron chi connectivity index (χ2n) is 9.60. The van der Waals surface area contributed by atoms with E-state index in [2.05, 4.69) is 56.6 Å². The molecular formula is C29H31N6O3+. The third-order valence-corrected chi connectivity index (χ3v) is 7.04. The minimum absolute atomic E-state index is 0.0831. The summed E-state index contributed by atoms with van der Waals surface area (Å²) in [5.41, 5.74) is 5.54. The molecule has 0 aliphatic carbocycles. The van der Waals surface area contributed by atoms with E-state index in [0.29, 0.717) is 5.82 Å². The van der Waals surface area contributed by atoms with Crippen LogP contribution in [0.2, 0.25) is 0 Å². The second kappa shape index (κ2) is 9.90. The maximum atomic E-state index is 5.85. The highest BCUT2D eigenvalue weighted by Gasteiger charge is 2.23. The van der Waals surface area contributed by atoms with E-state index in [0.717, 1.165) is 88.0 Å². The molecule has 3 aromatic heterocycles. The van der Waals surface area contributed by atoms with Crippen LogP contribution in [0.25, 0.3) is 33.1 Å². The van der Waals surface area contributed by atoms with Crippen LogP contribution < -0.4 is 10.1 Å². The fraction of sp³-hybridized carbons (Fsp3) is 0.310. The molecule has 1 aliphatic heterocycles. The number of aryl methyl sites for hydroxylation is 3. The van der Waals surface area contributed by atoms with Crippen molar-refractivity contribution in [2.45, 2.75) is 26.8 Å². The minimum atomic E-state index is -0.0831. The lowest BCUT2D eigenvalue weighted by molar-refractivity contribution is -0.546. The van der Waals surface area contributed by atoms with Crippen molar-refractivity contribution in [2.24, 2.45) is 0 Å². The molecule has 0 radical (unpaired) electrons. The number of anilines is 1. The monoisotopic (exact) mass is 511 g/mol. The highest BCUT2D eigenvalue weighted by molar-refractivity contribution is 6.13. The molecule has 0 bridgehead atoms. The Morgan fingerprint density at radius 1 is 1.08 bits per heavy atom. The maximum Gasteiger partial charge on any atom is 0.167 e. The fourth-order valence-electron chi connectivity index (χ4n) is 5.22. The number of rotatable bonds is 6. The molecule has 9 nitrogen and oxygen atoms in total. The average Bonchev–Trinajstić information content (AvgIpc) is 3.46. The number of hydrogen-bond donors (Lipinski definition) is 2. The standard InChI is InChI=1S/C29H31N6O3/c1-17-26(18(2)38-34-17)22-14-23-21(15-25(22)36-4)27-28(32-23)30-19(3)31-29(27)33-24(20-8-6-5-7-9-20)16-35-10-12-37-13-11-35/h5-9,14-16,24H,10-13H2,1-4H3,(H2,30,31,32,33)/q+1. The number of ether oxygens (including phenoxy) is 2. The van der Waals surface area contributed by atoms with Crippen LogP contribution in [0.5, 0.6) is 5.75 Å². The smallest absolute Gasteiger partial charge is 0.167 e. The van der Waals surface area contributed by atoms with Gasteiger partial charge in [0.2, 0.25) is 0 Å². The summed E-state index contributed by atoms with van der Waals surface area (Å²) in [7, 11) is 1.68. The molecule has 5 aromatic rings. The first-order valence-electron chi connectivity index (χ1n) is 12.8. The summed E-state index contributed by atoms with van der Waals surface area (Å²) < 4.78 is 19.2. The van der Waals surface area contributed by atoms with Crippen LogP contribution in [0.4, 0.5) is 5.82 Å². The summed E-state index contributed by atoms with van der Waals surface area (Å²) in [4.78, 5) is 13.1. The van der Waals surface area contributed by atoms with Crippen LogP contribution in [-0.4, -0.2) is 64.3 Å². The Bertz CT molecular complexity index is 1630. The molecule has 0 amide bonds. The number of aromatic nitrogens is 4. The molecule has 4 heterocycles. The van der Waals surface area contributed by atoms with Gasteiger partial charge in [-0.15, -0.1) is 0 Å². The van der Waals surface area contributed by atoms with Gasteiger partial charge in [0.25, 0.3) is 0 Å². The minimum Gasteiger partial charge on any atom is -0.496 e. The van der Waals surface area contributed by atoms with Crippen molar-refractivity contribution in [3.8, 4) is 16.9 Å². The highest BCUT2D eigenvalue weighted by Crippen LogP contribution is 2.41. The lowest BCUT2D eigenvalue weighted by Crippen LogP contribution is -2.32. The van der Waals surface area contributed by atoms with Crippen molar-refractivity contribution in [1.29, 1.82) is 0 Å². The Morgan fingerprint density at radius 2 is 1.87 bits per heavy atom. The van der Waals surface area contributed by atoms with Crippen LogP contribution in [0, 0.1) is 20.8 Å². The molecular weight excluding hydrogens is 480 g/mol. The van der Waals surface area contributed by atoms with Crippen LogP contribution in [0.3, 0.4) is 0 Å². The molecule has 2 N–H and O–H groups in total. The van der Waals surface area contributed by atoms with Gasteiger partial charge in [0.15, 0.2) is 19.3 Å². The van der Waals surface area contributed by atoms with Gasteiger partial charge in [-0.3, -0.25) is 0 Å². The van der Waals surface area contributed by atoms with Gasteiger partial charge in [0.1, 0.15) is 48.1 Å². The highest BCUT2D eigenvalue weighted by atomic mass is 16.5. The quantitative estimate of drug-likeness (QED) is 0.311. The zero-order valence-electron chi connectivity index (χ0n) is 22.0. The van der Waals surface area contributed by atoms with Gasteiger partial charge >= 0.3 is 0 Å². The molecule has 6 rings (SSSR count). The molecule has 1 saturated heterocycles. The molecule has 1 fully saturated rings. The summed E-state index contributed by atoms with van der Waals surface area (Å²) in [5, 5.41) is 9.77. The van der Waals surface area contributed by atoms with E-state index in [1.807, 2.05) is 32.9 Å². The lowest BCUT2D eigenvalue weighted by atomic mass is 10.0. The fourth-order valence-corrected chi connectivity index (χ4v) is 5.22. The van der Waals surface area contributed by atoms with Crippen molar-refractivity contribution in [2.75, 3.05) is 38.7 Å². The van der Waals surface area contributed by atoms with E-state index >= 15 is 0 Å². The molecule has 1 unspecified atom stereocenters. The topological polar surface area (TPSA) is 101 Å². The summed E-state index contributed by atoms with van der Waals surface area (Å²) >= 11 is 0. The third kappa shape index (κ3) is 4.39. The van der Waals surface area contributed by atoms with Gasteiger partial charge in [-0.1, -0.05) is 35.5 Å². The van der Waals surface area contributed by atoms with Crippen LogP contribution >= 0.6 is 0 Å². The van der Waals surface area contributed by atoms with Gasteiger partial charge in [0, 0.05) is 16.5 Å². The number of benzene rings is 2. The number of fused-ring (bicyclic) bond motifs is 3. The van der Waals surface area contributed by atoms with Crippen LogP contribution in [0.1, 0.15) is 28.9 Å². The van der Waals surface area contributed by atoms with Crippen molar-refractivity contribution >= 4 is 34.0 Å². The normalized spacial score (nSPS) is 14.7. The third-order valence-electron chi connectivity index (χ3n) is 7.04. The predicted octanol–water partition coefficient (Wildman–Crippen LogP) is 4.97. The van der Waals surface area contributed by atoms with E-state index in [1.54, 1.807) is 7.11 Å². The number of methoxy groups -OCH3 is 1. The average molecular weight is 512 g/mol. The largest absolute Gasteiger partial charge is 0.496 e. The van der Waals surface area contributed by atoms with Crippen molar-refractivity contribution in [1.82, 2.24) is 20.1 Å². The Hall–Kier alpha value is -4.24. The zero-order chi connectivity index (χ0) is 26.2. The number of aromatic amines is 1. The van der Waals surface area contributed by atoms with Crippen molar-refractivity contribution < 1.29 is 18.6 Å². The van der Waals surface area contributed by atoms with Crippen molar-refractivity contribution in [3.05, 3.63) is 65.3 Å². The first kappa shape index (κ1) is 24.1. The van der Waals surface area contributed by atoms with E-state index in [4.69, 9.17) is 24.0 Å². The number of H-pyrrole nitrogens is 1. The van der Waals surface area contributed by atoms with Crippen LogP contribution in [-0.2, 0) is 4.74 Å². The first-order valence-corrected chi connectivity index (χ1v) is 12.8. The Morgan fingerprint density at radius 3 is 2.58 bits per heavy atom. The Labute approximate surface area is 220 Å². The van der Waals surface area contributed by atoms with E-state index in [-0.39, 0.29) is 6.04 Å². The molecule has 0 spiro atoms. The summed E-state index contributed by atoms with van der Waals surface area (Å²) in [6, 6.07) is 14.5. The van der Waals surface area contributed by atoms with E-state index < -0.39 is 0 Å². The Balaban J connectivity index is 1.51. The van der Waals surface area contributed by atoms with E-state index in [9.17, 15) is 0 Å². The maximum absolute atomic E-state index is 5.85. The predicted molar refractivity (Wildman–Crippen MR) is 147 cm³/mol. The Kier molecular flexibility index (Phi) is 6.29. The molecule has 38 heavy (non-hydrogen) atoms. The molecule has 194 valence electrons. The molecule has 0 saturated carbocycles.